The first-order chi connectivity index (χ1) is 22.6. The zero-order valence-corrected chi connectivity index (χ0v) is 27.2. The summed E-state index contributed by atoms with van der Waals surface area (Å²) in [6.07, 6.45) is 7.96. The van der Waals surface area contributed by atoms with Crippen LogP contribution in [0.5, 0.6) is 0 Å². The molecule has 46 heavy (non-hydrogen) atoms. The number of carbonyl (C=O) groups excluding carboxylic acids is 1. The molecular formula is C41H36O3S2. The molecule has 0 bridgehead atoms. The van der Waals surface area contributed by atoms with Crippen LogP contribution in [0.25, 0.3) is 19.6 Å². The van der Waals surface area contributed by atoms with Crippen LogP contribution >= 0.6 is 23.5 Å². The van der Waals surface area contributed by atoms with Crippen molar-refractivity contribution in [2.45, 2.75) is 18.6 Å². The number of aliphatic hydroxyl groups excluding tert-OH is 1. The van der Waals surface area contributed by atoms with E-state index in [-0.39, 0.29) is 17.6 Å². The lowest BCUT2D eigenvalue weighted by Crippen LogP contribution is -2.33. The van der Waals surface area contributed by atoms with Crippen molar-refractivity contribution in [3.63, 3.8) is 0 Å². The standard InChI is InChI=1S/C41H36O3S2/c1-44-41-38(32-25-36(30-18-10-4-11-19-30)46-37(26-32)31-20-12-5-13-21-31)39(42)33(40(41)43)22-27-23-34(28-14-6-2-7-15-28)45-35(24-27)29-16-8-3-9-17-29/h2-21,23-27,32-33,38-39,41-42H,22H2,1H3. The van der Waals surface area contributed by atoms with Gasteiger partial charge >= 0.3 is 0 Å². The molecule has 0 spiro atoms. The molecule has 5 heteroatoms. The van der Waals surface area contributed by atoms with E-state index in [1.165, 1.54) is 9.81 Å². The van der Waals surface area contributed by atoms with Crippen LogP contribution in [-0.4, -0.2) is 30.2 Å². The van der Waals surface area contributed by atoms with Crippen molar-refractivity contribution >= 4 is 48.9 Å². The van der Waals surface area contributed by atoms with E-state index in [0.29, 0.717) is 6.42 Å². The third-order valence-corrected chi connectivity index (χ3v) is 11.5. The summed E-state index contributed by atoms with van der Waals surface area (Å²) in [4.78, 5) is 18.7. The number of rotatable bonds is 8. The molecule has 3 aliphatic rings. The lowest BCUT2D eigenvalue weighted by atomic mass is 9.83. The second-order valence-electron chi connectivity index (χ2n) is 12.0. The van der Waals surface area contributed by atoms with Gasteiger partial charge in [0, 0.05) is 44.5 Å². The summed E-state index contributed by atoms with van der Waals surface area (Å²) >= 11 is 3.49. The van der Waals surface area contributed by atoms with Gasteiger partial charge in [0.15, 0.2) is 5.78 Å². The molecule has 3 nitrogen and oxygen atoms in total. The first-order valence-corrected chi connectivity index (χ1v) is 17.4. The average molecular weight is 641 g/mol. The fourth-order valence-electron chi connectivity index (χ4n) is 6.86. The fraction of sp³-hybridized carbons (Fsp3) is 0.195. The molecule has 2 aliphatic heterocycles. The summed E-state index contributed by atoms with van der Waals surface area (Å²) in [5.74, 6) is -1.13. The van der Waals surface area contributed by atoms with Gasteiger partial charge in [0.25, 0.3) is 0 Å². The largest absolute Gasteiger partial charge is 0.392 e. The maximum atomic E-state index is 14.1. The van der Waals surface area contributed by atoms with Gasteiger partial charge in [0.1, 0.15) is 6.10 Å². The van der Waals surface area contributed by atoms with Crippen molar-refractivity contribution in [1.82, 2.24) is 0 Å². The average Bonchev–Trinajstić information content (AvgIpc) is 3.37. The highest BCUT2D eigenvalue weighted by Gasteiger charge is 2.52. The van der Waals surface area contributed by atoms with E-state index in [4.69, 9.17) is 4.74 Å². The van der Waals surface area contributed by atoms with Crippen molar-refractivity contribution < 1.29 is 14.6 Å². The Morgan fingerprint density at radius 2 is 0.957 bits per heavy atom. The lowest BCUT2D eigenvalue weighted by molar-refractivity contribution is -0.130. The summed E-state index contributed by atoms with van der Waals surface area (Å²) in [7, 11) is 1.60. The SMILES string of the molecule is COC1C(=O)C(CC2C=C(c3ccccc3)SC(c3ccccc3)=C2)C(O)C1C1C=C(c2ccccc2)SC(c2ccccc2)=C1. The van der Waals surface area contributed by atoms with Gasteiger partial charge in [-0.15, -0.1) is 0 Å². The van der Waals surface area contributed by atoms with Crippen molar-refractivity contribution in [3.05, 3.63) is 168 Å². The Hall–Kier alpha value is -3.87. The Morgan fingerprint density at radius 3 is 1.33 bits per heavy atom. The zero-order valence-electron chi connectivity index (χ0n) is 25.6. The molecular weight excluding hydrogens is 605 g/mol. The first kappa shape index (κ1) is 30.8. The minimum atomic E-state index is -0.844. The number of aliphatic hydroxyl groups is 1. The summed E-state index contributed by atoms with van der Waals surface area (Å²) in [6.45, 7) is 0. The smallest absolute Gasteiger partial charge is 0.167 e. The zero-order chi connectivity index (χ0) is 31.5. The summed E-state index contributed by atoms with van der Waals surface area (Å²) in [6, 6.07) is 41.5. The lowest BCUT2D eigenvalue weighted by Gasteiger charge is -2.30. The van der Waals surface area contributed by atoms with Gasteiger partial charge in [0.2, 0.25) is 0 Å². The number of Topliss-reactive ketones (excluding diaryl/α,β-unsaturated/α-hetero) is 1. The Kier molecular flexibility index (Phi) is 9.27. The third-order valence-electron chi connectivity index (χ3n) is 9.12. The van der Waals surface area contributed by atoms with Crippen LogP contribution in [-0.2, 0) is 9.53 Å². The highest BCUT2D eigenvalue weighted by molar-refractivity contribution is 8.16. The topological polar surface area (TPSA) is 46.5 Å². The molecule has 4 aromatic carbocycles. The quantitative estimate of drug-likeness (QED) is 0.208. The van der Waals surface area contributed by atoms with Crippen molar-refractivity contribution in [3.8, 4) is 0 Å². The molecule has 0 radical (unpaired) electrons. The molecule has 0 amide bonds. The van der Waals surface area contributed by atoms with Crippen molar-refractivity contribution in [2.75, 3.05) is 7.11 Å². The van der Waals surface area contributed by atoms with E-state index < -0.39 is 24.0 Å². The van der Waals surface area contributed by atoms with Gasteiger partial charge in [-0.05, 0) is 34.6 Å². The molecule has 4 atom stereocenters. The maximum Gasteiger partial charge on any atom is 0.167 e. The van der Waals surface area contributed by atoms with Gasteiger partial charge in [0.05, 0.1) is 6.10 Å². The minimum Gasteiger partial charge on any atom is -0.392 e. The first-order valence-electron chi connectivity index (χ1n) is 15.8. The Balaban J connectivity index is 1.23. The van der Waals surface area contributed by atoms with Crippen LogP contribution in [0.2, 0.25) is 0 Å². The summed E-state index contributed by atoms with van der Waals surface area (Å²) in [5.41, 5.74) is 4.56. The number of carbonyl (C=O) groups is 1. The van der Waals surface area contributed by atoms with Gasteiger partial charge in [-0.2, -0.15) is 0 Å². The molecule has 1 fully saturated rings. The van der Waals surface area contributed by atoms with Crippen LogP contribution < -0.4 is 0 Å². The van der Waals surface area contributed by atoms with E-state index >= 15 is 0 Å². The van der Waals surface area contributed by atoms with E-state index in [1.807, 2.05) is 48.5 Å². The number of hydrogen-bond acceptors (Lipinski definition) is 5. The normalized spacial score (nSPS) is 23.8. The van der Waals surface area contributed by atoms with Crippen molar-refractivity contribution in [2.24, 2.45) is 23.7 Å². The van der Waals surface area contributed by atoms with Crippen molar-refractivity contribution in [1.29, 1.82) is 0 Å². The maximum absolute atomic E-state index is 14.1. The number of thioether (sulfide) groups is 2. The van der Waals surface area contributed by atoms with E-state index in [2.05, 4.69) is 97.1 Å². The molecule has 1 aliphatic carbocycles. The molecule has 2 heterocycles. The predicted molar refractivity (Wildman–Crippen MR) is 193 cm³/mol. The predicted octanol–water partition coefficient (Wildman–Crippen LogP) is 9.46. The number of hydrogen-bond donors (Lipinski definition) is 1. The molecule has 0 aromatic heterocycles. The molecule has 7 rings (SSSR count). The summed E-state index contributed by atoms with van der Waals surface area (Å²) < 4.78 is 5.93. The minimum absolute atomic E-state index is 0.00917. The number of allylic oxidation sites excluding steroid dienone is 4. The van der Waals surface area contributed by atoms with Crippen LogP contribution in [0.15, 0.2) is 146 Å². The van der Waals surface area contributed by atoms with Gasteiger partial charge in [-0.3, -0.25) is 4.79 Å². The van der Waals surface area contributed by atoms with Crippen LogP contribution in [0.3, 0.4) is 0 Å². The van der Waals surface area contributed by atoms with E-state index in [1.54, 1.807) is 30.6 Å². The second kappa shape index (κ2) is 13.9. The third kappa shape index (κ3) is 6.38. The van der Waals surface area contributed by atoms with Crippen LogP contribution in [0.1, 0.15) is 28.7 Å². The highest BCUT2D eigenvalue weighted by atomic mass is 32.2. The Bertz CT molecular complexity index is 1680. The number of ketones is 1. The molecule has 1 N–H and O–H groups in total. The fourth-order valence-corrected chi connectivity index (χ4v) is 9.29. The van der Waals surface area contributed by atoms with E-state index in [9.17, 15) is 9.90 Å². The number of benzene rings is 4. The number of methoxy groups -OCH3 is 1. The molecule has 1 saturated carbocycles. The molecule has 4 aromatic rings. The molecule has 0 saturated heterocycles. The van der Waals surface area contributed by atoms with Crippen LogP contribution in [0, 0.1) is 23.7 Å². The van der Waals surface area contributed by atoms with E-state index in [0.717, 1.165) is 32.1 Å². The highest BCUT2D eigenvalue weighted by Crippen LogP contribution is 2.50. The Labute approximate surface area is 279 Å². The molecule has 230 valence electrons. The van der Waals surface area contributed by atoms with Gasteiger partial charge < -0.3 is 9.84 Å². The number of ether oxygens (including phenoxy) is 1. The van der Waals surface area contributed by atoms with Gasteiger partial charge in [-0.25, -0.2) is 0 Å². The monoisotopic (exact) mass is 640 g/mol. The van der Waals surface area contributed by atoms with Gasteiger partial charge in [-0.1, -0.05) is 169 Å². The second-order valence-corrected chi connectivity index (χ2v) is 14.2. The molecule has 4 unspecified atom stereocenters. The Morgan fingerprint density at radius 1 is 0.587 bits per heavy atom. The van der Waals surface area contributed by atoms with Crippen LogP contribution in [0.4, 0.5) is 0 Å². The summed E-state index contributed by atoms with van der Waals surface area (Å²) in [5, 5.41) is 12.1.